The van der Waals surface area contributed by atoms with Gasteiger partial charge in [-0.05, 0) is 49.8 Å². The lowest BCUT2D eigenvalue weighted by atomic mass is 9.82. The fourth-order valence-electron chi connectivity index (χ4n) is 3.91. The molecule has 2 aliphatic rings. The van der Waals surface area contributed by atoms with Gasteiger partial charge in [0.05, 0.1) is 17.8 Å². The van der Waals surface area contributed by atoms with Crippen LogP contribution in [0.25, 0.3) is 0 Å². The monoisotopic (exact) mass is 260 g/mol. The molecule has 1 heterocycles. The van der Waals surface area contributed by atoms with Gasteiger partial charge in [0.25, 0.3) is 0 Å². The minimum absolute atomic E-state index is 0.156. The van der Waals surface area contributed by atoms with Crippen molar-refractivity contribution in [2.24, 2.45) is 0 Å². The molecule has 0 saturated carbocycles. The second-order valence-electron chi connectivity index (χ2n) is 6.52. The predicted molar refractivity (Wildman–Crippen MR) is 76.4 cm³/mol. The summed E-state index contributed by atoms with van der Waals surface area (Å²) in [4.78, 5) is 0. The minimum Gasteiger partial charge on any atom is -0.389 e. The maximum Gasteiger partial charge on any atom is 0.0737 e. The standard InChI is InChI=1S/C17H24O2/c1-12-9-17(18,10-13(2)19-12)11-14-6-7-15-4-3-5-16(15)8-14/h6-8,12-13,18H,3-5,9-11H2,1-2H3. The van der Waals surface area contributed by atoms with Crippen LogP contribution in [0.3, 0.4) is 0 Å². The summed E-state index contributed by atoms with van der Waals surface area (Å²) in [5, 5.41) is 10.8. The molecule has 1 aromatic rings. The second kappa shape index (κ2) is 4.92. The van der Waals surface area contributed by atoms with Crippen LogP contribution in [0.5, 0.6) is 0 Å². The number of aryl methyl sites for hydroxylation is 2. The van der Waals surface area contributed by atoms with Gasteiger partial charge in [0.1, 0.15) is 0 Å². The molecule has 0 amide bonds. The second-order valence-corrected chi connectivity index (χ2v) is 6.52. The highest BCUT2D eigenvalue weighted by Gasteiger charge is 2.36. The maximum atomic E-state index is 10.8. The molecule has 1 fully saturated rings. The highest BCUT2D eigenvalue weighted by atomic mass is 16.5. The topological polar surface area (TPSA) is 29.5 Å². The van der Waals surface area contributed by atoms with Gasteiger partial charge in [0, 0.05) is 19.3 Å². The van der Waals surface area contributed by atoms with E-state index >= 15 is 0 Å². The van der Waals surface area contributed by atoms with Gasteiger partial charge in [0.2, 0.25) is 0 Å². The first-order chi connectivity index (χ1) is 9.04. The van der Waals surface area contributed by atoms with Crippen molar-refractivity contribution in [3.8, 4) is 0 Å². The van der Waals surface area contributed by atoms with Crippen LogP contribution in [0.2, 0.25) is 0 Å². The molecule has 104 valence electrons. The Morgan fingerprint density at radius 2 is 1.84 bits per heavy atom. The molecule has 2 atom stereocenters. The average Bonchev–Trinajstić information content (AvgIpc) is 2.73. The number of fused-ring (bicyclic) bond motifs is 1. The summed E-state index contributed by atoms with van der Waals surface area (Å²) in [6.45, 7) is 4.12. The van der Waals surface area contributed by atoms with Gasteiger partial charge in [-0.15, -0.1) is 0 Å². The molecule has 1 aliphatic heterocycles. The predicted octanol–water partition coefficient (Wildman–Crippen LogP) is 3.04. The Bertz CT molecular complexity index is 456. The lowest BCUT2D eigenvalue weighted by molar-refractivity contribution is -0.130. The van der Waals surface area contributed by atoms with Gasteiger partial charge >= 0.3 is 0 Å². The van der Waals surface area contributed by atoms with Crippen molar-refractivity contribution < 1.29 is 9.84 Å². The van der Waals surface area contributed by atoms with Crippen LogP contribution >= 0.6 is 0 Å². The lowest BCUT2D eigenvalue weighted by Gasteiger charge is -2.39. The summed E-state index contributed by atoms with van der Waals surface area (Å²) in [6.07, 6.45) is 6.28. The highest BCUT2D eigenvalue weighted by Crippen LogP contribution is 2.33. The van der Waals surface area contributed by atoms with Gasteiger partial charge in [-0.1, -0.05) is 18.2 Å². The number of benzene rings is 1. The fraction of sp³-hybridized carbons (Fsp3) is 0.647. The van der Waals surface area contributed by atoms with Gasteiger partial charge in [-0.2, -0.15) is 0 Å². The molecule has 1 aliphatic carbocycles. The molecule has 0 bridgehead atoms. The smallest absolute Gasteiger partial charge is 0.0737 e. The van der Waals surface area contributed by atoms with E-state index in [1.165, 1.54) is 36.0 Å². The van der Waals surface area contributed by atoms with Crippen molar-refractivity contribution in [2.45, 2.75) is 70.2 Å². The van der Waals surface area contributed by atoms with Crippen LogP contribution < -0.4 is 0 Å². The number of hydrogen-bond acceptors (Lipinski definition) is 2. The zero-order valence-corrected chi connectivity index (χ0v) is 12.0. The summed E-state index contributed by atoms with van der Waals surface area (Å²) in [7, 11) is 0. The third-order valence-corrected chi connectivity index (χ3v) is 4.50. The van der Waals surface area contributed by atoms with Crippen molar-refractivity contribution >= 4 is 0 Å². The fourth-order valence-corrected chi connectivity index (χ4v) is 3.91. The van der Waals surface area contributed by atoms with E-state index in [0.29, 0.717) is 0 Å². The Labute approximate surface area is 115 Å². The Balaban J connectivity index is 1.76. The Kier molecular flexibility index (Phi) is 3.40. The zero-order chi connectivity index (χ0) is 13.5. The van der Waals surface area contributed by atoms with Crippen LogP contribution in [0, 0.1) is 0 Å². The largest absolute Gasteiger partial charge is 0.389 e. The van der Waals surface area contributed by atoms with Crippen LogP contribution in [0.1, 0.15) is 49.8 Å². The molecular weight excluding hydrogens is 236 g/mol. The van der Waals surface area contributed by atoms with Gasteiger partial charge in [0.15, 0.2) is 0 Å². The lowest BCUT2D eigenvalue weighted by Crippen LogP contribution is -2.44. The Hall–Kier alpha value is -0.860. The molecular formula is C17H24O2. The van der Waals surface area contributed by atoms with E-state index in [-0.39, 0.29) is 12.2 Å². The first-order valence-corrected chi connectivity index (χ1v) is 7.53. The van der Waals surface area contributed by atoms with E-state index in [1.807, 2.05) is 0 Å². The number of hydrogen-bond donors (Lipinski definition) is 1. The Morgan fingerprint density at radius 3 is 2.58 bits per heavy atom. The van der Waals surface area contributed by atoms with E-state index < -0.39 is 5.60 Å². The van der Waals surface area contributed by atoms with Crippen LogP contribution in [-0.4, -0.2) is 22.9 Å². The summed E-state index contributed by atoms with van der Waals surface area (Å²) in [6, 6.07) is 6.77. The third-order valence-electron chi connectivity index (χ3n) is 4.50. The molecule has 1 N–H and O–H groups in total. The molecule has 1 saturated heterocycles. The molecule has 0 radical (unpaired) electrons. The molecule has 0 spiro atoms. The maximum absolute atomic E-state index is 10.8. The van der Waals surface area contributed by atoms with E-state index in [1.54, 1.807) is 0 Å². The van der Waals surface area contributed by atoms with E-state index in [0.717, 1.165) is 19.3 Å². The van der Waals surface area contributed by atoms with E-state index in [4.69, 9.17) is 4.74 Å². The van der Waals surface area contributed by atoms with E-state index in [9.17, 15) is 5.11 Å². The van der Waals surface area contributed by atoms with Crippen molar-refractivity contribution in [1.29, 1.82) is 0 Å². The quantitative estimate of drug-likeness (QED) is 0.885. The highest BCUT2D eigenvalue weighted by molar-refractivity contribution is 5.35. The van der Waals surface area contributed by atoms with Gasteiger partial charge in [-0.25, -0.2) is 0 Å². The molecule has 1 aromatic carbocycles. The molecule has 2 unspecified atom stereocenters. The first-order valence-electron chi connectivity index (χ1n) is 7.53. The first kappa shape index (κ1) is 13.1. The van der Waals surface area contributed by atoms with Gasteiger partial charge < -0.3 is 9.84 Å². The van der Waals surface area contributed by atoms with Crippen molar-refractivity contribution in [3.63, 3.8) is 0 Å². The number of rotatable bonds is 2. The summed E-state index contributed by atoms with van der Waals surface area (Å²) < 4.78 is 5.73. The minimum atomic E-state index is -0.593. The van der Waals surface area contributed by atoms with E-state index in [2.05, 4.69) is 32.0 Å². The average molecular weight is 260 g/mol. The SMILES string of the molecule is CC1CC(O)(Cc2ccc3c(c2)CCC3)CC(C)O1. The normalized spacial score (nSPS) is 34.3. The molecule has 3 rings (SSSR count). The van der Waals surface area contributed by atoms with Crippen molar-refractivity contribution in [2.75, 3.05) is 0 Å². The van der Waals surface area contributed by atoms with Crippen LogP contribution in [0.15, 0.2) is 18.2 Å². The molecule has 2 nitrogen and oxygen atoms in total. The summed E-state index contributed by atoms with van der Waals surface area (Å²) in [5.41, 5.74) is 3.69. The number of ether oxygens (including phenoxy) is 1. The summed E-state index contributed by atoms with van der Waals surface area (Å²) >= 11 is 0. The van der Waals surface area contributed by atoms with Crippen LogP contribution in [0.4, 0.5) is 0 Å². The molecule has 2 heteroatoms. The van der Waals surface area contributed by atoms with Gasteiger partial charge in [-0.3, -0.25) is 0 Å². The molecule has 0 aromatic heterocycles. The summed E-state index contributed by atoms with van der Waals surface area (Å²) in [5.74, 6) is 0. The van der Waals surface area contributed by atoms with Crippen molar-refractivity contribution in [3.05, 3.63) is 34.9 Å². The van der Waals surface area contributed by atoms with Crippen LogP contribution in [-0.2, 0) is 24.0 Å². The third kappa shape index (κ3) is 2.85. The number of aliphatic hydroxyl groups is 1. The molecule has 19 heavy (non-hydrogen) atoms. The van der Waals surface area contributed by atoms with Crippen molar-refractivity contribution in [1.82, 2.24) is 0 Å². The zero-order valence-electron chi connectivity index (χ0n) is 12.0. The Morgan fingerprint density at radius 1 is 1.16 bits per heavy atom.